The number of amides is 1. The first-order chi connectivity index (χ1) is 12.4. The first kappa shape index (κ1) is 19.5. The lowest BCUT2D eigenvalue weighted by Crippen LogP contribution is -2.26. The summed E-state index contributed by atoms with van der Waals surface area (Å²) in [5.74, 6) is -0.740. The van der Waals surface area contributed by atoms with Crippen LogP contribution in [-0.4, -0.2) is 36.7 Å². The van der Waals surface area contributed by atoms with Crippen molar-refractivity contribution in [2.75, 3.05) is 18.6 Å². The number of hydrogen-bond acceptors (Lipinski definition) is 4. The Morgan fingerprint density at radius 3 is 2.19 bits per heavy atom. The smallest absolute Gasteiger partial charge is 0.341 e. The maximum atomic E-state index is 12.6. The molecule has 0 radical (unpaired) electrons. The van der Waals surface area contributed by atoms with E-state index in [1.807, 2.05) is 26.0 Å². The minimum Gasteiger partial charge on any atom is -0.482 e. The van der Waals surface area contributed by atoms with Crippen LogP contribution in [0.25, 0.3) is 0 Å². The van der Waals surface area contributed by atoms with Crippen molar-refractivity contribution in [1.29, 1.82) is 0 Å². The number of rotatable bonds is 8. The number of benzene rings is 2. The standard InChI is InChI=1S/C20H23NO5/c1-14(2)25-12-15-4-6-16(7-5-15)20(24)21(3)17-8-10-18(11-9-17)26-13-19(22)23/h4-11,14H,12-13H2,1-3H3,(H,22,23). The molecule has 6 nitrogen and oxygen atoms in total. The summed E-state index contributed by atoms with van der Waals surface area (Å²) in [6.07, 6.45) is 0.157. The Morgan fingerprint density at radius 2 is 1.65 bits per heavy atom. The first-order valence-electron chi connectivity index (χ1n) is 8.30. The van der Waals surface area contributed by atoms with Crippen molar-refractivity contribution >= 4 is 17.6 Å². The topological polar surface area (TPSA) is 76.1 Å². The van der Waals surface area contributed by atoms with Crippen LogP contribution >= 0.6 is 0 Å². The Morgan fingerprint density at radius 1 is 1.04 bits per heavy atom. The number of anilines is 1. The second-order valence-corrected chi connectivity index (χ2v) is 6.10. The van der Waals surface area contributed by atoms with Crippen LogP contribution in [0.15, 0.2) is 48.5 Å². The quantitative estimate of drug-likeness (QED) is 0.784. The Bertz CT molecular complexity index is 738. The molecule has 2 aromatic carbocycles. The summed E-state index contributed by atoms with van der Waals surface area (Å²) < 4.78 is 10.6. The summed E-state index contributed by atoms with van der Waals surface area (Å²) in [4.78, 5) is 24.6. The van der Waals surface area contributed by atoms with Gasteiger partial charge in [-0.3, -0.25) is 4.79 Å². The Kier molecular flexibility index (Phi) is 6.74. The highest BCUT2D eigenvalue weighted by molar-refractivity contribution is 6.05. The summed E-state index contributed by atoms with van der Waals surface area (Å²) in [6, 6.07) is 14.0. The summed E-state index contributed by atoms with van der Waals surface area (Å²) in [5, 5.41) is 8.61. The minimum atomic E-state index is -1.04. The molecule has 0 spiro atoms. The van der Waals surface area contributed by atoms with Gasteiger partial charge in [0.2, 0.25) is 0 Å². The zero-order chi connectivity index (χ0) is 19.1. The third kappa shape index (κ3) is 5.60. The molecule has 0 saturated heterocycles. The molecule has 0 heterocycles. The van der Waals surface area contributed by atoms with Gasteiger partial charge in [0.15, 0.2) is 6.61 Å². The van der Waals surface area contributed by atoms with E-state index in [1.165, 1.54) is 4.90 Å². The number of carbonyl (C=O) groups excluding carboxylic acids is 1. The van der Waals surface area contributed by atoms with E-state index in [0.717, 1.165) is 5.56 Å². The van der Waals surface area contributed by atoms with Crippen LogP contribution in [-0.2, 0) is 16.1 Å². The summed E-state index contributed by atoms with van der Waals surface area (Å²) in [5.41, 5.74) is 2.27. The third-order valence-corrected chi connectivity index (χ3v) is 3.68. The van der Waals surface area contributed by atoms with E-state index >= 15 is 0 Å². The average Bonchev–Trinajstić information content (AvgIpc) is 2.64. The lowest BCUT2D eigenvalue weighted by Gasteiger charge is -2.18. The number of aliphatic carboxylic acids is 1. The van der Waals surface area contributed by atoms with Crippen LogP contribution in [0.4, 0.5) is 5.69 Å². The summed E-state index contributed by atoms with van der Waals surface area (Å²) in [6.45, 7) is 4.07. The van der Waals surface area contributed by atoms with Crippen molar-refractivity contribution in [3.05, 3.63) is 59.7 Å². The van der Waals surface area contributed by atoms with Gasteiger partial charge < -0.3 is 19.5 Å². The fraction of sp³-hybridized carbons (Fsp3) is 0.300. The maximum absolute atomic E-state index is 12.6. The molecule has 0 bridgehead atoms. The van der Waals surface area contributed by atoms with Crippen LogP contribution in [0.5, 0.6) is 5.75 Å². The molecule has 0 unspecified atom stereocenters. The average molecular weight is 357 g/mol. The number of hydrogen-bond donors (Lipinski definition) is 1. The predicted octanol–water partition coefficient (Wildman–Crippen LogP) is 3.35. The molecule has 0 aromatic heterocycles. The van der Waals surface area contributed by atoms with Crippen LogP contribution in [0.3, 0.4) is 0 Å². The third-order valence-electron chi connectivity index (χ3n) is 3.68. The number of carboxylic acid groups (broad SMARTS) is 1. The van der Waals surface area contributed by atoms with E-state index in [9.17, 15) is 9.59 Å². The molecule has 1 N–H and O–H groups in total. The van der Waals surface area contributed by atoms with E-state index in [4.69, 9.17) is 14.6 Å². The molecule has 0 aliphatic rings. The highest BCUT2D eigenvalue weighted by atomic mass is 16.5. The van der Waals surface area contributed by atoms with Crippen LogP contribution in [0.2, 0.25) is 0 Å². The van der Waals surface area contributed by atoms with Gasteiger partial charge in [-0.1, -0.05) is 12.1 Å². The molecule has 26 heavy (non-hydrogen) atoms. The number of carboxylic acids is 1. The van der Waals surface area contributed by atoms with Gasteiger partial charge >= 0.3 is 5.97 Å². The molecule has 0 aliphatic carbocycles. The van der Waals surface area contributed by atoms with E-state index in [2.05, 4.69) is 0 Å². The lowest BCUT2D eigenvalue weighted by atomic mass is 10.1. The fourth-order valence-electron chi connectivity index (χ4n) is 2.23. The molecule has 0 atom stereocenters. The molecule has 138 valence electrons. The zero-order valence-corrected chi connectivity index (χ0v) is 15.1. The van der Waals surface area contributed by atoms with Gasteiger partial charge in [0.1, 0.15) is 5.75 Å². The van der Waals surface area contributed by atoms with Crippen LogP contribution in [0, 0.1) is 0 Å². The van der Waals surface area contributed by atoms with Gasteiger partial charge in [0.05, 0.1) is 12.7 Å². The van der Waals surface area contributed by atoms with Gasteiger partial charge in [-0.15, -0.1) is 0 Å². The second kappa shape index (κ2) is 9.01. The highest BCUT2D eigenvalue weighted by Crippen LogP contribution is 2.20. The van der Waals surface area contributed by atoms with Crippen molar-refractivity contribution in [1.82, 2.24) is 0 Å². The highest BCUT2D eigenvalue weighted by Gasteiger charge is 2.13. The summed E-state index contributed by atoms with van der Waals surface area (Å²) >= 11 is 0. The van der Waals surface area contributed by atoms with Gasteiger partial charge in [0.25, 0.3) is 5.91 Å². The minimum absolute atomic E-state index is 0.138. The number of carbonyl (C=O) groups is 2. The van der Waals surface area contributed by atoms with Crippen molar-refractivity contribution in [2.24, 2.45) is 0 Å². The molecule has 0 fully saturated rings. The summed E-state index contributed by atoms with van der Waals surface area (Å²) in [7, 11) is 1.69. The van der Waals surface area contributed by atoms with Crippen LogP contribution in [0.1, 0.15) is 29.8 Å². The van der Waals surface area contributed by atoms with Crippen molar-refractivity contribution in [3.63, 3.8) is 0 Å². The Balaban J connectivity index is 2.01. The molecular weight excluding hydrogens is 334 g/mol. The molecule has 0 aliphatic heterocycles. The molecule has 0 saturated carbocycles. The lowest BCUT2D eigenvalue weighted by molar-refractivity contribution is -0.139. The second-order valence-electron chi connectivity index (χ2n) is 6.10. The van der Waals surface area contributed by atoms with Gasteiger partial charge in [-0.2, -0.15) is 0 Å². The predicted molar refractivity (Wildman–Crippen MR) is 98.7 cm³/mol. The van der Waals surface area contributed by atoms with Crippen molar-refractivity contribution in [3.8, 4) is 5.75 Å². The Hall–Kier alpha value is -2.86. The van der Waals surface area contributed by atoms with E-state index in [1.54, 1.807) is 43.4 Å². The van der Waals surface area contributed by atoms with Crippen LogP contribution < -0.4 is 9.64 Å². The van der Waals surface area contributed by atoms with Crippen molar-refractivity contribution < 1.29 is 24.2 Å². The molecular formula is C20H23NO5. The maximum Gasteiger partial charge on any atom is 0.341 e. The molecule has 2 aromatic rings. The van der Waals surface area contributed by atoms with Crippen molar-refractivity contribution in [2.45, 2.75) is 26.6 Å². The first-order valence-corrected chi connectivity index (χ1v) is 8.30. The van der Waals surface area contributed by atoms with E-state index in [-0.39, 0.29) is 12.0 Å². The SMILES string of the molecule is CC(C)OCc1ccc(C(=O)N(C)c2ccc(OCC(=O)O)cc2)cc1. The van der Waals surface area contributed by atoms with E-state index < -0.39 is 12.6 Å². The zero-order valence-electron chi connectivity index (χ0n) is 15.1. The largest absolute Gasteiger partial charge is 0.482 e. The van der Waals surface area contributed by atoms with E-state index in [0.29, 0.717) is 23.6 Å². The van der Waals surface area contributed by atoms with Gasteiger partial charge in [0, 0.05) is 18.3 Å². The number of ether oxygens (including phenoxy) is 2. The molecule has 6 heteroatoms. The molecule has 1 amide bonds. The van der Waals surface area contributed by atoms with Gasteiger partial charge in [-0.25, -0.2) is 4.79 Å². The Labute approximate surface area is 153 Å². The van der Waals surface area contributed by atoms with Gasteiger partial charge in [-0.05, 0) is 55.8 Å². The molecule has 2 rings (SSSR count). The number of nitrogens with zero attached hydrogens (tertiary/aromatic N) is 1. The fourth-order valence-corrected chi connectivity index (χ4v) is 2.23. The normalized spacial score (nSPS) is 10.6. The monoisotopic (exact) mass is 357 g/mol.